The predicted octanol–water partition coefficient (Wildman–Crippen LogP) is 4.04. The molecule has 0 fully saturated rings. The summed E-state index contributed by atoms with van der Waals surface area (Å²) < 4.78 is 20.2. The Labute approximate surface area is 162 Å². The van der Waals surface area contributed by atoms with Crippen LogP contribution >= 0.6 is 0 Å². The Morgan fingerprint density at radius 3 is 2.43 bits per heavy atom. The van der Waals surface area contributed by atoms with E-state index in [0.29, 0.717) is 17.7 Å². The second-order valence-corrected chi connectivity index (χ2v) is 6.68. The molecule has 1 aromatic carbocycles. The predicted molar refractivity (Wildman–Crippen MR) is 103 cm³/mol. The number of aromatic nitrogens is 2. The lowest BCUT2D eigenvalue weighted by Gasteiger charge is -2.10. The van der Waals surface area contributed by atoms with Gasteiger partial charge in [-0.25, -0.2) is 9.18 Å². The number of benzene rings is 1. The number of Topliss-reactive ketones (excluding diaryl/α,β-unsaturated/α-hetero) is 1. The van der Waals surface area contributed by atoms with E-state index < -0.39 is 5.97 Å². The van der Waals surface area contributed by atoms with Gasteiger partial charge in [-0.05, 0) is 56.7 Å². The average Bonchev–Trinajstić information content (AvgIpc) is 2.96. The van der Waals surface area contributed by atoms with Crippen molar-refractivity contribution in [3.05, 3.63) is 88.3 Å². The summed E-state index contributed by atoms with van der Waals surface area (Å²) in [4.78, 5) is 28.7. The molecule has 0 saturated carbocycles. The van der Waals surface area contributed by atoms with Crippen molar-refractivity contribution in [1.82, 2.24) is 9.55 Å². The van der Waals surface area contributed by atoms with E-state index in [9.17, 15) is 14.0 Å². The number of nitrogens with zero attached hydrogens (tertiary/aromatic N) is 2. The molecule has 6 heteroatoms. The van der Waals surface area contributed by atoms with Crippen LogP contribution in [0.1, 0.15) is 43.4 Å². The Balaban J connectivity index is 1.69. The Bertz CT molecular complexity index is 1010. The van der Waals surface area contributed by atoms with Gasteiger partial charge in [0.05, 0.1) is 5.56 Å². The molecule has 5 nitrogen and oxygen atoms in total. The minimum atomic E-state index is -0.582. The number of hydrogen-bond acceptors (Lipinski definition) is 4. The van der Waals surface area contributed by atoms with Crippen LogP contribution in [0.15, 0.2) is 48.7 Å². The molecular weight excluding hydrogens is 359 g/mol. The zero-order valence-corrected chi connectivity index (χ0v) is 16.0. The van der Waals surface area contributed by atoms with E-state index in [4.69, 9.17) is 4.74 Å². The SMILES string of the molecule is Cc1ccc(C(=O)OCC(=O)c2cc(C)n(Cc3ccc(F)cc3)c2C)cn1. The zero-order chi connectivity index (χ0) is 20.3. The maximum absolute atomic E-state index is 13.1. The third-order valence-electron chi connectivity index (χ3n) is 4.61. The molecule has 3 rings (SSSR count). The van der Waals surface area contributed by atoms with Gasteiger partial charge in [0.25, 0.3) is 0 Å². The Morgan fingerprint density at radius 1 is 1.07 bits per heavy atom. The summed E-state index contributed by atoms with van der Waals surface area (Å²) in [5.41, 5.74) is 4.22. The first-order valence-corrected chi connectivity index (χ1v) is 8.89. The number of ketones is 1. The molecule has 0 aliphatic rings. The lowest BCUT2D eigenvalue weighted by Crippen LogP contribution is -2.15. The highest BCUT2D eigenvalue weighted by molar-refractivity contribution is 6.00. The molecule has 0 saturated heterocycles. The number of pyridine rings is 1. The van der Waals surface area contributed by atoms with Crippen LogP contribution < -0.4 is 0 Å². The number of rotatable bonds is 6. The van der Waals surface area contributed by atoms with Crippen molar-refractivity contribution in [3.63, 3.8) is 0 Å². The first-order valence-electron chi connectivity index (χ1n) is 8.89. The summed E-state index contributed by atoms with van der Waals surface area (Å²) in [5.74, 6) is -1.14. The highest BCUT2D eigenvalue weighted by Crippen LogP contribution is 2.18. The number of carbonyl (C=O) groups excluding carboxylic acids is 2. The van der Waals surface area contributed by atoms with E-state index in [1.807, 2.05) is 25.3 Å². The van der Waals surface area contributed by atoms with Crippen molar-refractivity contribution in [3.8, 4) is 0 Å². The fourth-order valence-corrected chi connectivity index (χ4v) is 2.98. The largest absolute Gasteiger partial charge is 0.454 e. The Hall–Kier alpha value is -3.28. The maximum atomic E-state index is 13.1. The van der Waals surface area contributed by atoms with Gasteiger partial charge in [-0.2, -0.15) is 0 Å². The van der Waals surface area contributed by atoms with E-state index in [0.717, 1.165) is 22.6 Å². The van der Waals surface area contributed by atoms with Gasteiger partial charge in [0.2, 0.25) is 5.78 Å². The third-order valence-corrected chi connectivity index (χ3v) is 4.61. The lowest BCUT2D eigenvalue weighted by molar-refractivity contribution is 0.0474. The smallest absolute Gasteiger partial charge is 0.340 e. The van der Waals surface area contributed by atoms with Gasteiger partial charge in [-0.1, -0.05) is 12.1 Å². The standard InChI is InChI=1S/C22H21FN2O3/c1-14-4-7-18(11-24-14)22(27)28-13-21(26)20-10-15(2)25(16(20)3)12-17-5-8-19(23)9-6-17/h4-11H,12-13H2,1-3H3. The molecule has 28 heavy (non-hydrogen) atoms. The number of ether oxygens (including phenoxy) is 1. The van der Waals surface area contributed by atoms with E-state index in [-0.39, 0.29) is 18.2 Å². The second-order valence-electron chi connectivity index (χ2n) is 6.68. The van der Waals surface area contributed by atoms with Crippen molar-refractivity contribution >= 4 is 11.8 Å². The fraction of sp³-hybridized carbons (Fsp3) is 0.227. The van der Waals surface area contributed by atoms with Crippen LogP contribution in [-0.4, -0.2) is 27.9 Å². The summed E-state index contributed by atoms with van der Waals surface area (Å²) >= 11 is 0. The van der Waals surface area contributed by atoms with Crippen LogP contribution in [0.25, 0.3) is 0 Å². The van der Waals surface area contributed by atoms with E-state index >= 15 is 0 Å². The minimum Gasteiger partial charge on any atom is -0.454 e. The van der Waals surface area contributed by atoms with Crippen molar-refractivity contribution in [2.45, 2.75) is 27.3 Å². The van der Waals surface area contributed by atoms with E-state index in [1.165, 1.54) is 18.3 Å². The highest BCUT2D eigenvalue weighted by Gasteiger charge is 2.18. The molecule has 0 aliphatic heterocycles. The molecule has 0 radical (unpaired) electrons. The van der Waals surface area contributed by atoms with E-state index in [2.05, 4.69) is 4.98 Å². The van der Waals surface area contributed by atoms with Crippen molar-refractivity contribution < 1.29 is 18.7 Å². The number of hydrogen-bond donors (Lipinski definition) is 0. The molecule has 0 unspecified atom stereocenters. The van der Waals surface area contributed by atoms with Gasteiger partial charge in [0.15, 0.2) is 6.61 Å². The first-order chi connectivity index (χ1) is 13.3. The lowest BCUT2D eigenvalue weighted by atomic mass is 10.1. The van der Waals surface area contributed by atoms with Gasteiger partial charge in [0.1, 0.15) is 5.82 Å². The number of aryl methyl sites for hydroxylation is 2. The van der Waals surface area contributed by atoms with Crippen LogP contribution in [0.4, 0.5) is 4.39 Å². The summed E-state index contributed by atoms with van der Waals surface area (Å²) in [6.07, 6.45) is 1.43. The van der Waals surface area contributed by atoms with Gasteiger partial charge >= 0.3 is 5.97 Å². The van der Waals surface area contributed by atoms with Gasteiger partial charge in [0, 0.05) is 35.4 Å². The molecule has 0 amide bonds. The van der Waals surface area contributed by atoms with Crippen LogP contribution in [0.5, 0.6) is 0 Å². The molecule has 144 valence electrons. The van der Waals surface area contributed by atoms with Crippen molar-refractivity contribution in [1.29, 1.82) is 0 Å². The number of carbonyl (C=O) groups is 2. The number of halogens is 1. The first kappa shape index (κ1) is 19.5. The maximum Gasteiger partial charge on any atom is 0.340 e. The van der Waals surface area contributed by atoms with E-state index in [1.54, 1.807) is 30.3 Å². The summed E-state index contributed by atoms with van der Waals surface area (Å²) in [5, 5.41) is 0. The Kier molecular flexibility index (Phi) is 5.68. The molecule has 0 N–H and O–H groups in total. The molecule has 0 atom stereocenters. The average molecular weight is 380 g/mol. The van der Waals surface area contributed by atoms with Gasteiger partial charge < -0.3 is 9.30 Å². The normalized spacial score (nSPS) is 10.7. The molecule has 2 heterocycles. The van der Waals surface area contributed by atoms with Crippen LogP contribution in [-0.2, 0) is 11.3 Å². The third kappa shape index (κ3) is 4.34. The summed E-state index contributed by atoms with van der Waals surface area (Å²) in [7, 11) is 0. The van der Waals surface area contributed by atoms with Crippen LogP contribution in [0, 0.1) is 26.6 Å². The van der Waals surface area contributed by atoms with Crippen molar-refractivity contribution in [2.24, 2.45) is 0 Å². The molecular formula is C22H21FN2O3. The quantitative estimate of drug-likeness (QED) is 0.478. The minimum absolute atomic E-state index is 0.271. The zero-order valence-electron chi connectivity index (χ0n) is 16.0. The molecule has 3 aromatic rings. The Morgan fingerprint density at radius 2 is 1.79 bits per heavy atom. The van der Waals surface area contributed by atoms with Crippen molar-refractivity contribution in [2.75, 3.05) is 6.61 Å². The number of esters is 1. The molecule has 0 bridgehead atoms. The summed E-state index contributed by atoms with van der Waals surface area (Å²) in [6, 6.07) is 11.4. The molecule has 2 aromatic heterocycles. The second kappa shape index (κ2) is 8.17. The summed E-state index contributed by atoms with van der Waals surface area (Å²) in [6.45, 7) is 5.75. The monoisotopic (exact) mass is 380 g/mol. The van der Waals surface area contributed by atoms with Crippen LogP contribution in [0.3, 0.4) is 0 Å². The topological polar surface area (TPSA) is 61.2 Å². The highest BCUT2D eigenvalue weighted by atomic mass is 19.1. The van der Waals surface area contributed by atoms with Gasteiger partial charge in [-0.15, -0.1) is 0 Å². The fourth-order valence-electron chi connectivity index (χ4n) is 2.98. The molecule has 0 aliphatic carbocycles. The van der Waals surface area contributed by atoms with Gasteiger partial charge in [-0.3, -0.25) is 9.78 Å². The van der Waals surface area contributed by atoms with Crippen LogP contribution in [0.2, 0.25) is 0 Å². The molecule has 0 spiro atoms.